The highest BCUT2D eigenvalue weighted by Gasteiger charge is 2.53. The molecular weight excluding hydrogens is 402 g/mol. The molecule has 1 amide bonds. The molecular formula is C21H28BFN4O4. The van der Waals surface area contributed by atoms with E-state index in [2.05, 4.69) is 15.6 Å². The van der Waals surface area contributed by atoms with E-state index < -0.39 is 30.1 Å². The van der Waals surface area contributed by atoms with E-state index in [4.69, 9.17) is 14.0 Å². The number of alkyl carbamates (subject to hydrolysis) is 1. The van der Waals surface area contributed by atoms with Crippen molar-refractivity contribution in [1.82, 2.24) is 20.3 Å². The molecule has 2 aromatic rings. The van der Waals surface area contributed by atoms with Gasteiger partial charge in [0.15, 0.2) is 0 Å². The van der Waals surface area contributed by atoms with Crippen LogP contribution in [0, 0.1) is 0 Å². The molecule has 1 N–H and O–H groups in total. The molecule has 1 aromatic carbocycles. The maximum Gasteiger partial charge on any atom is 0.525 e. The summed E-state index contributed by atoms with van der Waals surface area (Å²) in [5, 5.41) is 10.7. The number of aromatic nitrogens is 3. The van der Waals surface area contributed by atoms with Crippen LogP contribution in [-0.4, -0.2) is 45.4 Å². The lowest BCUT2D eigenvalue weighted by Gasteiger charge is -2.32. The van der Waals surface area contributed by atoms with Gasteiger partial charge >= 0.3 is 13.2 Å². The van der Waals surface area contributed by atoms with E-state index in [0.717, 1.165) is 5.56 Å². The van der Waals surface area contributed by atoms with Crippen molar-refractivity contribution in [3.8, 4) is 0 Å². The Kier molecular flexibility index (Phi) is 6.81. The van der Waals surface area contributed by atoms with Crippen LogP contribution in [0.2, 0.25) is 0 Å². The van der Waals surface area contributed by atoms with Gasteiger partial charge in [-0.1, -0.05) is 35.5 Å². The molecule has 8 nitrogen and oxygen atoms in total. The number of amides is 1. The molecule has 1 aromatic heterocycles. The molecule has 0 bridgehead atoms. The quantitative estimate of drug-likeness (QED) is 0.677. The van der Waals surface area contributed by atoms with Crippen molar-refractivity contribution in [2.45, 2.75) is 65.0 Å². The zero-order chi connectivity index (χ0) is 22.6. The maximum atomic E-state index is 14.6. The van der Waals surface area contributed by atoms with Gasteiger partial charge in [0.2, 0.25) is 0 Å². The number of ether oxygens (including phenoxy) is 1. The minimum atomic E-state index is -1.09. The lowest BCUT2D eigenvalue weighted by atomic mass is 9.87. The van der Waals surface area contributed by atoms with Crippen molar-refractivity contribution in [1.29, 1.82) is 0 Å². The number of carbonyl (C=O) groups is 1. The molecule has 31 heavy (non-hydrogen) atoms. The Labute approximate surface area is 181 Å². The van der Waals surface area contributed by atoms with Gasteiger partial charge in [-0.2, -0.15) is 0 Å². The van der Waals surface area contributed by atoms with Crippen LogP contribution in [0.15, 0.2) is 42.3 Å². The van der Waals surface area contributed by atoms with Crippen LogP contribution in [0.1, 0.15) is 45.9 Å². The van der Waals surface area contributed by atoms with Crippen LogP contribution < -0.4 is 5.32 Å². The summed E-state index contributed by atoms with van der Waals surface area (Å²) in [4.78, 5) is 12.0. The van der Waals surface area contributed by atoms with Gasteiger partial charge in [-0.05, 0) is 46.3 Å². The van der Waals surface area contributed by atoms with Gasteiger partial charge in [0.1, 0.15) is 18.0 Å². The fourth-order valence-electron chi connectivity index (χ4n) is 2.93. The summed E-state index contributed by atoms with van der Waals surface area (Å²) in [5.74, 6) is 0. The zero-order valence-electron chi connectivity index (χ0n) is 18.5. The van der Waals surface area contributed by atoms with Crippen molar-refractivity contribution in [3.63, 3.8) is 0 Å². The van der Waals surface area contributed by atoms with Crippen LogP contribution in [0.25, 0.3) is 6.08 Å². The Morgan fingerprint density at radius 3 is 2.55 bits per heavy atom. The molecule has 1 saturated heterocycles. The lowest BCUT2D eigenvalue weighted by Crippen LogP contribution is -2.41. The highest BCUT2D eigenvalue weighted by molar-refractivity contribution is 6.54. The van der Waals surface area contributed by atoms with Crippen molar-refractivity contribution in [2.24, 2.45) is 0 Å². The first-order chi connectivity index (χ1) is 14.6. The average molecular weight is 430 g/mol. The van der Waals surface area contributed by atoms with Gasteiger partial charge in [-0.25, -0.2) is 13.9 Å². The largest absolute Gasteiger partial charge is 0.525 e. The SMILES string of the molecule is CC(Cn1cc(C=C(F)B2OC(C)(C)C(C)(C)O2)nn1)NC(=O)OCc1ccccc1. The summed E-state index contributed by atoms with van der Waals surface area (Å²) in [6, 6.07) is 9.15. The Bertz CT molecular complexity index is 916. The number of rotatable bonds is 7. The number of halogens is 1. The molecule has 1 aliphatic rings. The number of hydrogen-bond acceptors (Lipinski definition) is 6. The molecule has 1 unspecified atom stereocenters. The summed E-state index contributed by atoms with van der Waals surface area (Å²) in [7, 11) is -1.09. The zero-order valence-corrected chi connectivity index (χ0v) is 18.5. The molecule has 1 fully saturated rings. The maximum absolute atomic E-state index is 14.6. The number of benzene rings is 1. The molecule has 1 atom stereocenters. The number of hydrogen-bond donors (Lipinski definition) is 1. The summed E-state index contributed by atoms with van der Waals surface area (Å²) in [5.41, 5.74) is -0.609. The van der Waals surface area contributed by atoms with Crippen LogP contribution in [0.4, 0.5) is 9.18 Å². The topological polar surface area (TPSA) is 87.5 Å². The van der Waals surface area contributed by atoms with Crippen molar-refractivity contribution < 1.29 is 23.2 Å². The Hall–Kier alpha value is -2.72. The van der Waals surface area contributed by atoms with Crippen molar-refractivity contribution >= 4 is 19.3 Å². The minimum Gasteiger partial charge on any atom is -0.445 e. The third-order valence-electron chi connectivity index (χ3n) is 5.36. The summed E-state index contributed by atoms with van der Waals surface area (Å²) in [6.07, 6.45) is 2.29. The third kappa shape index (κ3) is 5.92. The van der Waals surface area contributed by atoms with Gasteiger partial charge in [0.05, 0.1) is 23.9 Å². The third-order valence-corrected chi connectivity index (χ3v) is 5.36. The molecule has 3 rings (SSSR count). The smallest absolute Gasteiger partial charge is 0.445 e. The molecule has 0 spiro atoms. The van der Waals surface area contributed by atoms with Crippen LogP contribution in [0.5, 0.6) is 0 Å². The summed E-state index contributed by atoms with van der Waals surface area (Å²) >= 11 is 0. The summed E-state index contributed by atoms with van der Waals surface area (Å²) < 4.78 is 32.7. The second-order valence-electron chi connectivity index (χ2n) is 8.59. The van der Waals surface area contributed by atoms with E-state index in [1.54, 1.807) is 6.20 Å². The normalized spacial score (nSPS) is 18.6. The molecule has 166 valence electrons. The van der Waals surface area contributed by atoms with Crippen LogP contribution in [0.3, 0.4) is 0 Å². The number of nitrogens with zero attached hydrogens (tertiary/aromatic N) is 3. The molecule has 0 saturated carbocycles. The minimum absolute atomic E-state index is 0.190. The van der Waals surface area contributed by atoms with E-state index in [0.29, 0.717) is 12.2 Å². The monoisotopic (exact) mass is 430 g/mol. The van der Waals surface area contributed by atoms with Crippen molar-refractivity contribution in [3.05, 3.63) is 53.5 Å². The van der Waals surface area contributed by atoms with Crippen molar-refractivity contribution in [2.75, 3.05) is 0 Å². The first kappa shape index (κ1) is 23.0. The Morgan fingerprint density at radius 2 is 1.90 bits per heavy atom. The fraction of sp³-hybridized carbons (Fsp3) is 0.476. The number of nitrogens with one attached hydrogen (secondary N) is 1. The molecule has 0 aliphatic carbocycles. The Balaban J connectivity index is 1.50. The first-order valence-electron chi connectivity index (χ1n) is 10.2. The standard InChI is InChI=1S/C21H28BFN4O4/c1-15(24-19(28)29-14-16-9-7-6-8-10-16)12-27-13-17(25-26-27)11-18(23)22-30-20(2,3)21(4,5)31-22/h6-11,13,15H,12,14H2,1-5H3,(H,24,28). The van der Waals surface area contributed by atoms with Gasteiger partial charge in [-0.15, -0.1) is 5.10 Å². The van der Waals surface area contributed by atoms with Gasteiger partial charge < -0.3 is 19.4 Å². The van der Waals surface area contributed by atoms with E-state index >= 15 is 0 Å². The van der Waals surface area contributed by atoms with Crippen LogP contribution >= 0.6 is 0 Å². The van der Waals surface area contributed by atoms with E-state index in [1.165, 1.54) is 10.8 Å². The highest BCUT2D eigenvalue weighted by atomic mass is 19.1. The average Bonchev–Trinajstić information content (AvgIpc) is 3.21. The lowest BCUT2D eigenvalue weighted by molar-refractivity contribution is 0.00578. The van der Waals surface area contributed by atoms with E-state index in [9.17, 15) is 9.18 Å². The van der Waals surface area contributed by atoms with E-state index in [1.807, 2.05) is 65.0 Å². The fourth-order valence-corrected chi connectivity index (χ4v) is 2.93. The molecule has 1 aliphatic heterocycles. The second kappa shape index (κ2) is 9.19. The predicted molar refractivity (Wildman–Crippen MR) is 114 cm³/mol. The van der Waals surface area contributed by atoms with Gasteiger partial charge in [-0.3, -0.25) is 0 Å². The summed E-state index contributed by atoms with van der Waals surface area (Å²) in [6.45, 7) is 9.78. The number of carbonyl (C=O) groups excluding carboxylic acids is 1. The Morgan fingerprint density at radius 1 is 1.26 bits per heavy atom. The van der Waals surface area contributed by atoms with E-state index in [-0.39, 0.29) is 12.6 Å². The van der Waals surface area contributed by atoms with Crippen LogP contribution in [-0.2, 0) is 27.2 Å². The molecule has 10 heteroatoms. The second-order valence-corrected chi connectivity index (χ2v) is 8.59. The first-order valence-corrected chi connectivity index (χ1v) is 10.2. The van der Waals surface area contributed by atoms with Gasteiger partial charge in [0.25, 0.3) is 0 Å². The molecule has 0 radical (unpaired) electrons. The molecule has 2 heterocycles. The van der Waals surface area contributed by atoms with Gasteiger partial charge in [0, 0.05) is 6.04 Å². The predicted octanol–water partition coefficient (Wildman–Crippen LogP) is 3.53. The highest BCUT2D eigenvalue weighted by Crippen LogP contribution is 2.38.